The monoisotopic (exact) mass is 357 g/mol. The quantitative estimate of drug-likeness (QED) is 0.732. The lowest BCUT2D eigenvalue weighted by molar-refractivity contribution is -0.146. The molecule has 5 nitrogen and oxygen atoms in total. The molecule has 1 saturated heterocycles. The van der Waals surface area contributed by atoms with Crippen LogP contribution in [0.3, 0.4) is 0 Å². The van der Waals surface area contributed by atoms with Gasteiger partial charge in [-0.1, -0.05) is 32.9 Å². The Kier molecular flexibility index (Phi) is 8.53. The van der Waals surface area contributed by atoms with Gasteiger partial charge in [-0.2, -0.15) is 0 Å². The molecule has 1 aromatic rings. The second kappa shape index (κ2) is 9.87. The molecule has 0 bridgehead atoms. The lowest BCUT2D eigenvalue weighted by Gasteiger charge is -2.26. The smallest absolute Gasteiger partial charge is 0.344 e. The van der Waals surface area contributed by atoms with E-state index < -0.39 is 0 Å². The average molecular weight is 358 g/mol. The number of esters is 1. The second-order valence-electron chi connectivity index (χ2n) is 6.74. The number of hydrogen-bond donors (Lipinski definition) is 0. The highest BCUT2D eigenvalue weighted by atomic mass is 35.5. The van der Waals surface area contributed by atoms with E-state index in [-0.39, 0.29) is 30.4 Å². The first-order chi connectivity index (χ1) is 10.9. The maximum absolute atomic E-state index is 11.7. The van der Waals surface area contributed by atoms with Crippen LogP contribution in [0.4, 0.5) is 0 Å². The molecule has 0 saturated carbocycles. The molecule has 6 heteroatoms. The predicted molar refractivity (Wildman–Crippen MR) is 96.1 cm³/mol. The summed E-state index contributed by atoms with van der Waals surface area (Å²) >= 11 is 0. The van der Waals surface area contributed by atoms with Gasteiger partial charge in [-0.25, -0.2) is 4.79 Å². The van der Waals surface area contributed by atoms with Crippen molar-refractivity contribution in [1.82, 2.24) is 4.90 Å². The maximum atomic E-state index is 11.7. The summed E-state index contributed by atoms with van der Waals surface area (Å²) in [6.07, 6.45) is 0. The molecular weight excluding hydrogens is 330 g/mol. The molecule has 0 unspecified atom stereocenters. The van der Waals surface area contributed by atoms with E-state index in [9.17, 15) is 4.79 Å². The van der Waals surface area contributed by atoms with Crippen LogP contribution < -0.4 is 4.74 Å². The lowest BCUT2D eigenvalue weighted by Crippen LogP contribution is -2.38. The molecule has 0 atom stereocenters. The van der Waals surface area contributed by atoms with Crippen molar-refractivity contribution in [3.8, 4) is 5.75 Å². The van der Waals surface area contributed by atoms with Gasteiger partial charge in [-0.05, 0) is 23.1 Å². The molecule has 0 aromatic heterocycles. The molecule has 0 aliphatic carbocycles. The van der Waals surface area contributed by atoms with Crippen molar-refractivity contribution in [2.24, 2.45) is 0 Å². The number of morpholine rings is 1. The summed E-state index contributed by atoms with van der Waals surface area (Å²) in [5.74, 6) is 0.348. The first kappa shape index (κ1) is 20.7. The summed E-state index contributed by atoms with van der Waals surface area (Å²) in [5, 5.41) is 0. The number of hydrogen-bond acceptors (Lipinski definition) is 5. The molecule has 1 aromatic carbocycles. The van der Waals surface area contributed by atoms with Crippen molar-refractivity contribution in [2.75, 3.05) is 46.1 Å². The minimum Gasteiger partial charge on any atom is -0.482 e. The van der Waals surface area contributed by atoms with Crippen LogP contribution in [0.15, 0.2) is 24.3 Å². The van der Waals surface area contributed by atoms with E-state index in [1.807, 2.05) is 24.3 Å². The minimum atomic E-state index is -0.335. The Morgan fingerprint density at radius 3 is 2.38 bits per heavy atom. The van der Waals surface area contributed by atoms with E-state index in [0.29, 0.717) is 12.4 Å². The number of rotatable bonds is 6. The van der Waals surface area contributed by atoms with Crippen LogP contribution in [0.5, 0.6) is 5.75 Å². The maximum Gasteiger partial charge on any atom is 0.344 e. The van der Waals surface area contributed by atoms with Crippen molar-refractivity contribution < 1.29 is 19.0 Å². The molecule has 136 valence electrons. The Balaban J connectivity index is 0.00000288. The van der Waals surface area contributed by atoms with Gasteiger partial charge >= 0.3 is 5.97 Å². The first-order valence-electron chi connectivity index (χ1n) is 8.14. The Hall–Kier alpha value is -1.30. The Morgan fingerprint density at radius 1 is 1.17 bits per heavy atom. The van der Waals surface area contributed by atoms with Gasteiger partial charge < -0.3 is 14.2 Å². The highest BCUT2D eigenvalue weighted by Crippen LogP contribution is 2.24. The zero-order chi connectivity index (χ0) is 16.7. The standard InChI is InChI=1S/C18H27NO4.ClH/c1-18(2,3)15-4-6-16(7-5-15)23-14-17(20)22-13-10-19-8-11-21-12-9-19;/h4-7H,8-14H2,1-3H3;1H. The number of halogens is 1. The van der Waals surface area contributed by atoms with Gasteiger partial charge in [0.1, 0.15) is 12.4 Å². The van der Waals surface area contributed by atoms with Gasteiger partial charge in [0.2, 0.25) is 0 Å². The predicted octanol–water partition coefficient (Wildman–Crippen LogP) is 2.66. The van der Waals surface area contributed by atoms with E-state index in [0.717, 1.165) is 32.8 Å². The van der Waals surface area contributed by atoms with Crippen LogP contribution in [-0.2, 0) is 19.7 Å². The van der Waals surface area contributed by atoms with E-state index in [1.165, 1.54) is 5.56 Å². The molecule has 1 fully saturated rings. The molecule has 1 aliphatic rings. The van der Waals surface area contributed by atoms with E-state index in [4.69, 9.17) is 14.2 Å². The van der Waals surface area contributed by atoms with Gasteiger partial charge in [0.05, 0.1) is 13.2 Å². The van der Waals surface area contributed by atoms with Crippen LogP contribution in [0.1, 0.15) is 26.3 Å². The lowest BCUT2D eigenvalue weighted by atomic mass is 9.87. The number of nitrogens with zero attached hydrogens (tertiary/aromatic N) is 1. The molecule has 1 heterocycles. The van der Waals surface area contributed by atoms with E-state index >= 15 is 0 Å². The summed E-state index contributed by atoms with van der Waals surface area (Å²) in [5.41, 5.74) is 1.34. The fourth-order valence-corrected chi connectivity index (χ4v) is 2.35. The normalized spacial score (nSPS) is 15.5. The van der Waals surface area contributed by atoms with Crippen LogP contribution >= 0.6 is 12.4 Å². The molecule has 0 amide bonds. The fraction of sp³-hybridized carbons (Fsp3) is 0.611. The van der Waals surface area contributed by atoms with Gasteiger partial charge in [-0.15, -0.1) is 12.4 Å². The van der Waals surface area contributed by atoms with Gasteiger partial charge in [0.25, 0.3) is 0 Å². The van der Waals surface area contributed by atoms with Gasteiger partial charge in [0, 0.05) is 19.6 Å². The van der Waals surface area contributed by atoms with Crippen molar-refractivity contribution in [1.29, 1.82) is 0 Å². The highest BCUT2D eigenvalue weighted by Gasteiger charge is 2.14. The zero-order valence-electron chi connectivity index (χ0n) is 14.7. The Labute approximate surface area is 150 Å². The summed E-state index contributed by atoms with van der Waals surface area (Å²) in [6, 6.07) is 7.83. The van der Waals surface area contributed by atoms with Crippen molar-refractivity contribution in [3.05, 3.63) is 29.8 Å². The molecular formula is C18H28ClNO4. The number of carbonyl (C=O) groups excluding carboxylic acids is 1. The Bertz CT molecular complexity index is 493. The van der Waals surface area contributed by atoms with Crippen molar-refractivity contribution in [2.45, 2.75) is 26.2 Å². The van der Waals surface area contributed by atoms with Crippen LogP contribution in [0, 0.1) is 0 Å². The first-order valence-corrected chi connectivity index (χ1v) is 8.14. The van der Waals surface area contributed by atoms with Crippen molar-refractivity contribution in [3.63, 3.8) is 0 Å². The zero-order valence-corrected chi connectivity index (χ0v) is 15.6. The fourth-order valence-electron chi connectivity index (χ4n) is 2.35. The van der Waals surface area contributed by atoms with Crippen molar-refractivity contribution >= 4 is 18.4 Å². The SMILES string of the molecule is CC(C)(C)c1ccc(OCC(=O)OCCN2CCOCC2)cc1.Cl. The van der Waals surface area contributed by atoms with E-state index in [1.54, 1.807) is 0 Å². The molecule has 2 rings (SSSR count). The average Bonchev–Trinajstić information content (AvgIpc) is 2.53. The van der Waals surface area contributed by atoms with Crippen LogP contribution in [-0.4, -0.2) is 56.9 Å². The minimum absolute atomic E-state index is 0. The summed E-state index contributed by atoms with van der Waals surface area (Å²) < 4.78 is 15.9. The highest BCUT2D eigenvalue weighted by molar-refractivity contribution is 5.85. The number of ether oxygens (including phenoxy) is 3. The van der Waals surface area contributed by atoms with Crippen LogP contribution in [0.25, 0.3) is 0 Å². The topological polar surface area (TPSA) is 48.0 Å². The van der Waals surface area contributed by atoms with E-state index in [2.05, 4.69) is 25.7 Å². The molecule has 0 N–H and O–H groups in total. The third-order valence-electron chi connectivity index (χ3n) is 3.85. The summed E-state index contributed by atoms with van der Waals surface area (Å²) in [6.45, 7) is 10.9. The largest absolute Gasteiger partial charge is 0.482 e. The van der Waals surface area contributed by atoms with Crippen LogP contribution in [0.2, 0.25) is 0 Å². The third-order valence-corrected chi connectivity index (χ3v) is 3.85. The molecule has 0 radical (unpaired) electrons. The molecule has 1 aliphatic heterocycles. The summed E-state index contributed by atoms with van der Waals surface area (Å²) in [7, 11) is 0. The van der Waals surface area contributed by atoms with Gasteiger partial charge in [0.15, 0.2) is 6.61 Å². The summed E-state index contributed by atoms with van der Waals surface area (Å²) in [4.78, 5) is 13.9. The number of benzene rings is 1. The second-order valence-corrected chi connectivity index (χ2v) is 6.74. The van der Waals surface area contributed by atoms with Gasteiger partial charge in [-0.3, -0.25) is 4.90 Å². The Morgan fingerprint density at radius 2 is 1.79 bits per heavy atom. The molecule has 0 spiro atoms. The third kappa shape index (κ3) is 7.07. The number of carbonyl (C=O) groups is 1. The molecule has 24 heavy (non-hydrogen) atoms.